The van der Waals surface area contributed by atoms with E-state index in [1.165, 1.54) is 0 Å². The average Bonchev–Trinajstić information content (AvgIpc) is 2.42. The maximum Gasteiger partial charge on any atom is 0.192 e. The van der Waals surface area contributed by atoms with E-state index in [1.54, 1.807) is 0 Å². The van der Waals surface area contributed by atoms with Gasteiger partial charge in [-0.2, -0.15) is 0 Å². The van der Waals surface area contributed by atoms with Crippen LogP contribution in [0.3, 0.4) is 0 Å². The molecule has 0 aromatic heterocycles. The molecule has 0 saturated carbocycles. The lowest BCUT2D eigenvalue weighted by Crippen LogP contribution is -2.59. The lowest BCUT2D eigenvalue weighted by molar-refractivity contribution is -0.291. The second-order valence-electron chi connectivity index (χ2n) is 4.64. The number of hydrogen-bond acceptors (Lipinski definition) is 4. The van der Waals surface area contributed by atoms with Crippen LogP contribution in [0.5, 0.6) is 0 Å². The first-order chi connectivity index (χ1) is 6.46. The number of ketones is 1. The zero-order valence-corrected chi connectivity index (χ0v) is 8.92. The van der Waals surface area contributed by atoms with E-state index in [2.05, 4.69) is 5.32 Å². The molecule has 4 nitrogen and oxygen atoms in total. The van der Waals surface area contributed by atoms with Crippen molar-refractivity contribution in [3.05, 3.63) is 0 Å². The summed E-state index contributed by atoms with van der Waals surface area (Å²) in [7, 11) is 0. The zero-order chi connectivity index (χ0) is 10.4. The Labute approximate surface area is 84.0 Å². The van der Waals surface area contributed by atoms with Crippen LogP contribution in [-0.2, 0) is 14.3 Å². The van der Waals surface area contributed by atoms with Crippen LogP contribution in [0.25, 0.3) is 0 Å². The van der Waals surface area contributed by atoms with Gasteiger partial charge in [0.25, 0.3) is 0 Å². The van der Waals surface area contributed by atoms with Crippen molar-refractivity contribution in [3.63, 3.8) is 0 Å². The predicted molar refractivity (Wildman–Crippen MR) is 50.9 cm³/mol. The number of carbonyl (C=O) groups is 1. The molecule has 1 spiro atoms. The lowest BCUT2D eigenvalue weighted by atomic mass is 9.87. The molecule has 0 aromatic rings. The van der Waals surface area contributed by atoms with Crippen molar-refractivity contribution in [2.24, 2.45) is 5.92 Å². The fraction of sp³-hybridized carbons (Fsp3) is 0.900. The third-order valence-corrected chi connectivity index (χ3v) is 3.08. The van der Waals surface area contributed by atoms with E-state index in [1.807, 2.05) is 20.8 Å². The SMILES string of the molecule is CC1CNCC12OC(C)(C)OCC2=O. The van der Waals surface area contributed by atoms with Crippen molar-refractivity contribution in [3.8, 4) is 0 Å². The molecule has 2 saturated heterocycles. The highest BCUT2D eigenvalue weighted by molar-refractivity contribution is 5.90. The first-order valence-corrected chi connectivity index (χ1v) is 5.04. The molecule has 2 unspecified atom stereocenters. The van der Waals surface area contributed by atoms with Gasteiger partial charge >= 0.3 is 0 Å². The molecule has 2 aliphatic heterocycles. The summed E-state index contributed by atoms with van der Waals surface area (Å²) in [5, 5.41) is 3.20. The van der Waals surface area contributed by atoms with Crippen LogP contribution in [-0.4, -0.2) is 36.9 Å². The van der Waals surface area contributed by atoms with Gasteiger partial charge in [0.05, 0.1) is 0 Å². The van der Waals surface area contributed by atoms with Crippen LogP contribution in [0.1, 0.15) is 20.8 Å². The maximum absolute atomic E-state index is 11.8. The average molecular weight is 199 g/mol. The normalized spacial score (nSPS) is 41.9. The van der Waals surface area contributed by atoms with Crippen molar-refractivity contribution in [1.29, 1.82) is 0 Å². The quantitative estimate of drug-likeness (QED) is 0.610. The van der Waals surface area contributed by atoms with Crippen LogP contribution < -0.4 is 5.32 Å². The molecule has 0 amide bonds. The molecule has 0 aliphatic carbocycles. The summed E-state index contributed by atoms with van der Waals surface area (Å²) in [5.41, 5.74) is -0.651. The van der Waals surface area contributed by atoms with E-state index in [-0.39, 0.29) is 18.3 Å². The topological polar surface area (TPSA) is 47.6 Å². The Kier molecular flexibility index (Phi) is 2.17. The Hall–Kier alpha value is -0.450. The van der Waals surface area contributed by atoms with E-state index in [0.29, 0.717) is 6.54 Å². The number of carbonyl (C=O) groups excluding carboxylic acids is 1. The third kappa shape index (κ3) is 1.38. The first kappa shape index (κ1) is 10.1. The van der Waals surface area contributed by atoms with E-state index >= 15 is 0 Å². The predicted octanol–water partition coefficient (Wildman–Crippen LogP) is 0.316. The molecular weight excluding hydrogens is 182 g/mol. The standard InChI is InChI=1S/C10H17NO3/c1-7-4-11-6-10(7)8(12)5-13-9(2,3)14-10/h7,11H,4-6H2,1-3H3. The molecule has 2 aliphatic rings. The summed E-state index contributed by atoms with van der Waals surface area (Å²) >= 11 is 0. The van der Waals surface area contributed by atoms with Crippen molar-refractivity contribution in [2.75, 3.05) is 19.7 Å². The summed E-state index contributed by atoms with van der Waals surface area (Å²) < 4.78 is 11.1. The van der Waals surface area contributed by atoms with Gasteiger partial charge in [0.15, 0.2) is 11.6 Å². The number of ether oxygens (including phenoxy) is 2. The highest BCUT2D eigenvalue weighted by atomic mass is 16.7. The molecule has 0 bridgehead atoms. The zero-order valence-electron chi connectivity index (χ0n) is 8.92. The second kappa shape index (κ2) is 3.02. The molecule has 0 radical (unpaired) electrons. The molecule has 0 aromatic carbocycles. The van der Waals surface area contributed by atoms with Gasteiger partial charge in [-0.25, -0.2) is 0 Å². The van der Waals surface area contributed by atoms with Crippen LogP contribution in [0.2, 0.25) is 0 Å². The van der Waals surface area contributed by atoms with Crippen LogP contribution in [0.15, 0.2) is 0 Å². The van der Waals surface area contributed by atoms with Crippen molar-refractivity contribution in [1.82, 2.24) is 5.32 Å². The van der Waals surface area contributed by atoms with Crippen molar-refractivity contribution in [2.45, 2.75) is 32.2 Å². The molecule has 80 valence electrons. The van der Waals surface area contributed by atoms with Crippen molar-refractivity contribution >= 4 is 5.78 Å². The number of hydrogen-bond donors (Lipinski definition) is 1. The van der Waals surface area contributed by atoms with Gasteiger partial charge in [-0.1, -0.05) is 6.92 Å². The smallest absolute Gasteiger partial charge is 0.192 e. The van der Waals surface area contributed by atoms with Crippen molar-refractivity contribution < 1.29 is 14.3 Å². The Morgan fingerprint density at radius 1 is 1.50 bits per heavy atom. The monoisotopic (exact) mass is 199 g/mol. The molecular formula is C10H17NO3. The number of rotatable bonds is 0. The van der Waals surface area contributed by atoms with Crippen LogP contribution >= 0.6 is 0 Å². The third-order valence-electron chi connectivity index (χ3n) is 3.08. The molecule has 2 heterocycles. The Bertz CT molecular complexity index is 264. The van der Waals surface area contributed by atoms with E-state index < -0.39 is 11.4 Å². The van der Waals surface area contributed by atoms with Gasteiger partial charge < -0.3 is 14.8 Å². The summed E-state index contributed by atoms with van der Waals surface area (Å²) in [6, 6.07) is 0. The van der Waals surface area contributed by atoms with Gasteiger partial charge in [-0.05, 0) is 13.8 Å². The summed E-state index contributed by atoms with van der Waals surface area (Å²) in [4.78, 5) is 11.8. The number of nitrogens with one attached hydrogen (secondary N) is 1. The van der Waals surface area contributed by atoms with E-state index in [4.69, 9.17) is 9.47 Å². The van der Waals surface area contributed by atoms with Crippen LogP contribution in [0.4, 0.5) is 0 Å². The fourth-order valence-electron chi connectivity index (χ4n) is 2.21. The highest BCUT2D eigenvalue weighted by Crippen LogP contribution is 2.35. The molecule has 2 fully saturated rings. The molecule has 2 rings (SSSR count). The minimum absolute atomic E-state index is 0.0642. The lowest BCUT2D eigenvalue weighted by Gasteiger charge is -2.43. The maximum atomic E-state index is 11.8. The van der Waals surface area contributed by atoms with Gasteiger partial charge in [-0.15, -0.1) is 0 Å². The molecule has 14 heavy (non-hydrogen) atoms. The minimum atomic E-state index is -0.651. The van der Waals surface area contributed by atoms with Gasteiger partial charge in [0.2, 0.25) is 0 Å². The highest BCUT2D eigenvalue weighted by Gasteiger charge is 2.53. The van der Waals surface area contributed by atoms with Gasteiger partial charge in [0.1, 0.15) is 12.2 Å². The fourth-order valence-corrected chi connectivity index (χ4v) is 2.21. The van der Waals surface area contributed by atoms with Gasteiger partial charge in [-0.3, -0.25) is 4.79 Å². The Balaban J connectivity index is 2.27. The van der Waals surface area contributed by atoms with E-state index in [0.717, 1.165) is 6.54 Å². The second-order valence-corrected chi connectivity index (χ2v) is 4.64. The molecule has 4 heteroatoms. The molecule has 2 atom stereocenters. The largest absolute Gasteiger partial charge is 0.343 e. The summed E-state index contributed by atoms with van der Waals surface area (Å²) in [6.45, 7) is 7.36. The van der Waals surface area contributed by atoms with Crippen LogP contribution in [0, 0.1) is 5.92 Å². The van der Waals surface area contributed by atoms with E-state index in [9.17, 15) is 4.79 Å². The summed E-state index contributed by atoms with van der Waals surface area (Å²) in [6.07, 6.45) is 0. The summed E-state index contributed by atoms with van der Waals surface area (Å²) in [5.74, 6) is -0.360. The number of Topliss-reactive ketones (excluding diaryl/α,β-unsaturated/α-hetero) is 1. The Morgan fingerprint density at radius 2 is 2.21 bits per heavy atom. The molecule has 1 N–H and O–H groups in total. The Morgan fingerprint density at radius 3 is 2.79 bits per heavy atom. The minimum Gasteiger partial charge on any atom is -0.343 e. The van der Waals surface area contributed by atoms with Gasteiger partial charge in [0, 0.05) is 19.0 Å². The first-order valence-electron chi connectivity index (χ1n) is 5.04.